The number of rotatable bonds is 7. The number of hydrogen-bond acceptors (Lipinski definition) is 4. The van der Waals surface area contributed by atoms with Crippen molar-refractivity contribution in [2.45, 2.75) is 6.42 Å². The van der Waals surface area contributed by atoms with Crippen LogP contribution < -0.4 is 9.47 Å². The minimum atomic E-state index is -0.280. The van der Waals surface area contributed by atoms with Gasteiger partial charge in [0, 0.05) is 0 Å². The van der Waals surface area contributed by atoms with Gasteiger partial charge in [0.1, 0.15) is 6.61 Å². The molecule has 0 saturated carbocycles. The molecule has 5 heteroatoms. The first kappa shape index (κ1) is 16.8. The van der Waals surface area contributed by atoms with E-state index in [9.17, 15) is 9.59 Å². The maximum absolute atomic E-state index is 12.3. The second kappa shape index (κ2) is 7.21. The van der Waals surface area contributed by atoms with Gasteiger partial charge in [0.2, 0.25) is 0 Å². The Morgan fingerprint density at radius 2 is 1.72 bits per heavy atom. The Balaban J connectivity index is 1.65. The highest BCUT2D eigenvalue weighted by Crippen LogP contribution is 2.29. The van der Waals surface area contributed by atoms with Gasteiger partial charge < -0.3 is 9.47 Å². The van der Waals surface area contributed by atoms with Crippen LogP contribution >= 0.6 is 0 Å². The fraction of sp³-hybridized carbons (Fsp3) is 0.200. The molecule has 0 radical (unpaired) electrons. The molecule has 3 rings (SSSR count). The van der Waals surface area contributed by atoms with E-state index in [2.05, 4.69) is 6.58 Å². The lowest BCUT2D eigenvalue weighted by atomic mass is 10.1. The molecule has 0 aliphatic carbocycles. The summed E-state index contributed by atoms with van der Waals surface area (Å²) in [6.45, 7) is 4.10. The maximum Gasteiger partial charge on any atom is 0.261 e. The molecule has 0 N–H and O–H groups in total. The number of nitrogens with zero attached hydrogens (tertiary/aromatic N) is 1. The molecule has 0 aromatic heterocycles. The van der Waals surface area contributed by atoms with Crippen LogP contribution in [0.25, 0.3) is 0 Å². The molecule has 0 unspecified atom stereocenters. The number of allylic oxidation sites excluding steroid dienone is 1. The maximum atomic E-state index is 12.3. The van der Waals surface area contributed by atoms with Crippen molar-refractivity contribution in [1.82, 2.24) is 4.90 Å². The lowest BCUT2D eigenvalue weighted by Gasteiger charge is -2.16. The number of fused-ring (bicyclic) bond motifs is 1. The lowest BCUT2D eigenvalue weighted by molar-refractivity contribution is 0.0631. The summed E-state index contributed by atoms with van der Waals surface area (Å²) in [4.78, 5) is 25.8. The minimum Gasteiger partial charge on any atom is -0.493 e. The van der Waals surface area contributed by atoms with Crippen LogP contribution in [0.1, 0.15) is 26.3 Å². The molecular formula is C20H19NO4. The molecule has 0 bridgehead atoms. The van der Waals surface area contributed by atoms with Crippen molar-refractivity contribution in [3.05, 3.63) is 71.8 Å². The van der Waals surface area contributed by atoms with Gasteiger partial charge in [0.05, 0.1) is 24.8 Å². The van der Waals surface area contributed by atoms with Gasteiger partial charge in [-0.1, -0.05) is 24.3 Å². The average Bonchev–Trinajstić information content (AvgIpc) is 2.88. The van der Waals surface area contributed by atoms with Crippen LogP contribution in [-0.2, 0) is 6.42 Å². The number of carbonyl (C=O) groups is 2. The molecule has 2 amide bonds. The van der Waals surface area contributed by atoms with E-state index in [0.717, 1.165) is 12.0 Å². The summed E-state index contributed by atoms with van der Waals surface area (Å²) < 4.78 is 11.1. The topological polar surface area (TPSA) is 55.8 Å². The van der Waals surface area contributed by atoms with Gasteiger partial charge in [-0.2, -0.15) is 0 Å². The Morgan fingerprint density at radius 3 is 2.32 bits per heavy atom. The van der Waals surface area contributed by atoms with Crippen molar-refractivity contribution < 1.29 is 19.1 Å². The fourth-order valence-corrected chi connectivity index (χ4v) is 2.81. The van der Waals surface area contributed by atoms with Gasteiger partial charge in [0.15, 0.2) is 11.5 Å². The van der Waals surface area contributed by atoms with Crippen molar-refractivity contribution in [2.75, 3.05) is 20.3 Å². The van der Waals surface area contributed by atoms with Crippen LogP contribution in [0.2, 0.25) is 0 Å². The smallest absolute Gasteiger partial charge is 0.261 e. The van der Waals surface area contributed by atoms with Gasteiger partial charge in [0.25, 0.3) is 11.8 Å². The molecular weight excluding hydrogens is 318 g/mol. The quantitative estimate of drug-likeness (QED) is 0.575. The zero-order valence-corrected chi connectivity index (χ0v) is 14.0. The molecule has 1 aliphatic rings. The number of ether oxygens (including phenoxy) is 2. The second-order valence-corrected chi connectivity index (χ2v) is 5.63. The van der Waals surface area contributed by atoms with Crippen molar-refractivity contribution in [3.8, 4) is 11.5 Å². The highest BCUT2D eigenvalue weighted by molar-refractivity contribution is 6.21. The summed E-state index contributed by atoms with van der Waals surface area (Å²) in [7, 11) is 1.57. The number of benzene rings is 2. The average molecular weight is 337 g/mol. The third-order valence-electron chi connectivity index (χ3n) is 4.06. The van der Waals surface area contributed by atoms with Crippen LogP contribution in [0.3, 0.4) is 0 Å². The van der Waals surface area contributed by atoms with Crippen molar-refractivity contribution in [3.63, 3.8) is 0 Å². The SMILES string of the molecule is C=CCc1ccc(OCCN2C(=O)c3ccccc3C2=O)c(OC)c1. The van der Waals surface area contributed by atoms with E-state index in [1.165, 1.54) is 4.90 Å². The second-order valence-electron chi connectivity index (χ2n) is 5.63. The van der Waals surface area contributed by atoms with Gasteiger partial charge in [-0.15, -0.1) is 6.58 Å². The van der Waals surface area contributed by atoms with Crippen LogP contribution in [0.5, 0.6) is 11.5 Å². The number of imide groups is 1. The first-order chi connectivity index (χ1) is 12.2. The summed E-state index contributed by atoms with van der Waals surface area (Å²) in [6, 6.07) is 12.5. The molecule has 128 valence electrons. The molecule has 2 aromatic rings. The summed E-state index contributed by atoms with van der Waals surface area (Å²) in [5.74, 6) is 0.628. The van der Waals surface area contributed by atoms with Crippen molar-refractivity contribution in [1.29, 1.82) is 0 Å². The normalized spacial score (nSPS) is 12.9. The number of amides is 2. The van der Waals surface area contributed by atoms with Crippen LogP contribution in [0, 0.1) is 0 Å². The van der Waals surface area contributed by atoms with E-state index < -0.39 is 0 Å². The predicted octanol–water partition coefficient (Wildman–Crippen LogP) is 3.10. The third-order valence-corrected chi connectivity index (χ3v) is 4.06. The molecule has 1 heterocycles. The van der Waals surface area contributed by atoms with Crippen LogP contribution in [-0.4, -0.2) is 37.0 Å². The Kier molecular flexibility index (Phi) is 4.84. The predicted molar refractivity (Wildman–Crippen MR) is 94.2 cm³/mol. The third kappa shape index (κ3) is 3.26. The van der Waals surface area contributed by atoms with Gasteiger partial charge in [-0.25, -0.2) is 0 Å². The Labute approximate surface area is 146 Å². The Bertz CT molecular complexity index is 793. The van der Waals surface area contributed by atoms with Gasteiger partial charge >= 0.3 is 0 Å². The minimum absolute atomic E-state index is 0.184. The number of hydrogen-bond donors (Lipinski definition) is 0. The number of carbonyl (C=O) groups excluding carboxylic acids is 2. The molecule has 25 heavy (non-hydrogen) atoms. The van der Waals surface area contributed by atoms with E-state index in [1.54, 1.807) is 31.4 Å². The monoisotopic (exact) mass is 337 g/mol. The van der Waals surface area contributed by atoms with Crippen LogP contribution in [0.4, 0.5) is 0 Å². The van der Waals surface area contributed by atoms with E-state index in [1.807, 2.05) is 24.3 Å². The van der Waals surface area contributed by atoms with E-state index >= 15 is 0 Å². The summed E-state index contributed by atoms with van der Waals surface area (Å²) >= 11 is 0. The summed E-state index contributed by atoms with van der Waals surface area (Å²) in [6.07, 6.45) is 2.56. The standard InChI is InChI=1S/C20H19NO4/c1-3-6-14-9-10-17(18(13-14)24-2)25-12-11-21-19(22)15-7-4-5-8-16(15)20(21)23/h3-5,7-10,13H,1,6,11-12H2,2H3. The number of methoxy groups -OCH3 is 1. The molecule has 2 aromatic carbocycles. The van der Waals surface area contributed by atoms with E-state index in [4.69, 9.17) is 9.47 Å². The van der Waals surface area contributed by atoms with Gasteiger partial charge in [-0.3, -0.25) is 14.5 Å². The first-order valence-corrected chi connectivity index (χ1v) is 8.01. The van der Waals surface area contributed by atoms with Crippen molar-refractivity contribution >= 4 is 11.8 Å². The summed E-state index contributed by atoms with van der Waals surface area (Å²) in [5.41, 5.74) is 1.96. The Hall–Kier alpha value is -3.08. The van der Waals surface area contributed by atoms with Crippen LogP contribution in [0.15, 0.2) is 55.1 Å². The molecule has 0 atom stereocenters. The zero-order valence-electron chi connectivity index (χ0n) is 14.0. The van der Waals surface area contributed by atoms with E-state index in [0.29, 0.717) is 22.6 Å². The van der Waals surface area contributed by atoms with Crippen molar-refractivity contribution in [2.24, 2.45) is 0 Å². The highest BCUT2D eigenvalue weighted by Gasteiger charge is 2.34. The Morgan fingerprint density at radius 1 is 1.04 bits per heavy atom. The highest BCUT2D eigenvalue weighted by atomic mass is 16.5. The molecule has 0 fully saturated rings. The summed E-state index contributed by atoms with van der Waals surface area (Å²) in [5, 5.41) is 0. The first-order valence-electron chi connectivity index (χ1n) is 8.01. The van der Waals surface area contributed by atoms with E-state index in [-0.39, 0.29) is 25.0 Å². The fourth-order valence-electron chi connectivity index (χ4n) is 2.81. The van der Waals surface area contributed by atoms with Gasteiger partial charge in [-0.05, 0) is 36.2 Å². The lowest BCUT2D eigenvalue weighted by Crippen LogP contribution is -2.33. The molecule has 0 saturated heterocycles. The molecule has 5 nitrogen and oxygen atoms in total. The molecule has 1 aliphatic heterocycles. The molecule has 0 spiro atoms. The largest absolute Gasteiger partial charge is 0.493 e. The zero-order chi connectivity index (χ0) is 17.8.